The Morgan fingerprint density at radius 2 is 2.04 bits per heavy atom. The minimum Gasteiger partial charge on any atom is -0.469 e. The first-order valence-corrected chi connectivity index (χ1v) is 8.93. The molecule has 1 amide bonds. The first kappa shape index (κ1) is 16.7. The minimum absolute atomic E-state index is 0.260. The van der Waals surface area contributed by atoms with Gasteiger partial charge >= 0.3 is 11.9 Å². The van der Waals surface area contributed by atoms with Crippen molar-refractivity contribution in [3.63, 3.8) is 0 Å². The number of esters is 2. The van der Waals surface area contributed by atoms with Gasteiger partial charge < -0.3 is 14.8 Å². The minimum atomic E-state index is -0.565. The van der Waals surface area contributed by atoms with Crippen LogP contribution in [-0.4, -0.2) is 32.1 Å². The van der Waals surface area contributed by atoms with Crippen molar-refractivity contribution in [3.8, 4) is 0 Å². The number of aryl methyl sites for hydroxylation is 1. The number of methoxy groups -OCH3 is 2. The molecule has 0 aliphatic heterocycles. The predicted molar refractivity (Wildman–Crippen MR) is 91.0 cm³/mol. The molecule has 0 bridgehead atoms. The molecule has 0 unspecified atom stereocenters. The van der Waals surface area contributed by atoms with Crippen molar-refractivity contribution in [2.75, 3.05) is 19.5 Å². The number of carbonyl (C=O) groups is 3. The molecule has 0 aromatic carbocycles. The van der Waals surface area contributed by atoms with E-state index in [1.807, 2.05) is 0 Å². The highest BCUT2D eigenvalue weighted by atomic mass is 32.1. The molecule has 2 aromatic rings. The van der Waals surface area contributed by atoms with Gasteiger partial charge in [-0.3, -0.25) is 9.59 Å². The number of ether oxygens (including phenoxy) is 2. The average Bonchev–Trinajstić information content (AvgIpc) is 3.29. The summed E-state index contributed by atoms with van der Waals surface area (Å²) in [6.07, 6.45) is 1.26. The number of hydrogen-bond donors (Lipinski definition) is 1. The molecule has 1 atom stereocenters. The predicted octanol–water partition coefficient (Wildman–Crippen LogP) is 3.05. The third-order valence-corrected chi connectivity index (χ3v) is 5.93. The van der Waals surface area contributed by atoms with Gasteiger partial charge in [-0.15, -0.1) is 22.7 Å². The maximum absolute atomic E-state index is 12.3. The van der Waals surface area contributed by atoms with Gasteiger partial charge in [0.2, 0.25) is 0 Å². The van der Waals surface area contributed by atoms with Gasteiger partial charge in [0.1, 0.15) is 5.00 Å². The Bertz CT molecular complexity index is 794. The fourth-order valence-corrected chi connectivity index (χ4v) is 4.69. The van der Waals surface area contributed by atoms with Crippen molar-refractivity contribution in [1.29, 1.82) is 0 Å². The fourth-order valence-electron chi connectivity index (χ4n) is 2.81. The number of amides is 1. The SMILES string of the molecule is COC(=O)c1c(NC(=O)c2cccs2)sc2c1[C@@H](C(=O)OC)CC2. The molecule has 0 fully saturated rings. The Morgan fingerprint density at radius 1 is 1.25 bits per heavy atom. The lowest BCUT2D eigenvalue weighted by molar-refractivity contribution is -0.142. The molecular weight excluding hydrogens is 350 g/mol. The summed E-state index contributed by atoms with van der Waals surface area (Å²) in [4.78, 5) is 38.0. The first-order chi connectivity index (χ1) is 11.6. The fraction of sp³-hybridized carbons (Fsp3) is 0.312. The molecule has 24 heavy (non-hydrogen) atoms. The van der Waals surface area contributed by atoms with Gasteiger partial charge in [0, 0.05) is 4.88 Å². The lowest BCUT2D eigenvalue weighted by Crippen LogP contribution is -2.17. The number of thiophene rings is 2. The smallest absolute Gasteiger partial charge is 0.341 e. The van der Waals surface area contributed by atoms with Crippen molar-refractivity contribution in [2.45, 2.75) is 18.8 Å². The van der Waals surface area contributed by atoms with E-state index in [2.05, 4.69) is 5.32 Å². The van der Waals surface area contributed by atoms with E-state index in [4.69, 9.17) is 9.47 Å². The Labute approximate surface area is 146 Å². The normalized spacial score (nSPS) is 15.7. The van der Waals surface area contributed by atoms with Gasteiger partial charge in [0.15, 0.2) is 0 Å². The molecule has 2 heterocycles. The summed E-state index contributed by atoms with van der Waals surface area (Å²) in [7, 11) is 2.60. The lowest BCUT2D eigenvalue weighted by atomic mass is 9.99. The number of rotatable bonds is 4. The van der Waals surface area contributed by atoms with Crippen molar-refractivity contribution >= 4 is 45.5 Å². The van der Waals surface area contributed by atoms with Crippen LogP contribution in [0.5, 0.6) is 0 Å². The first-order valence-electron chi connectivity index (χ1n) is 7.23. The second-order valence-corrected chi connectivity index (χ2v) is 7.23. The molecule has 0 saturated carbocycles. The van der Waals surface area contributed by atoms with Crippen LogP contribution < -0.4 is 5.32 Å². The second kappa shape index (κ2) is 6.74. The summed E-state index contributed by atoms with van der Waals surface area (Å²) in [5.41, 5.74) is 0.885. The van der Waals surface area contributed by atoms with Crippen LogP contribution in [0.4, 0.5) is 5.00 Å². The topological polar surface area (TPSA) is 81.7 Å². The maximum Gasteiger partial charge on any atom is 0.341 e. The van der Waals surface area contributed by atoms with Crippen LogP contribution in [-0.2, 0) is 20.7 Å². The number of carbonyl (C=O) groups excluding carboxylic acids is 3. The lowest BCUT2D eigenvalue weighted by Gasteiger charge is -2.11. The molecule has 6 nitrogen and oxygen atoms in total. The molecule has 1 N–H and O–H groups in total. The highest BCUT2D eigenvalue weighted by molar-refractivity contribution is 7.17. The number of anilines is 1. The zero-order chi connectivity index (χ0) is 17.3. The van der Waals surface area contributed by atoms with Gasteiger partial charge in [-0.2, -0.15) is 0 Å². The third kappa shape index (κ3) is 2.83. The summed E-state index contributed by atoms with van der Waals surface area (Å²) >= 11 is 2.63. The second-order valence-electron chi connectivity index (χ2n) is 5.18. The van der Waals surface area contributed by atoms with E-state index in [1.54, 1.807) is 17.5 Å². The summed E-state index contributed by atoms with van der Waals surface area (Å²) in [6.45, 7) is 0. The molecule has 3 rings (SSSR count). The largest absolute Gasteiger partial charge is 0.469 e. The van der Waals surface area contributed by atoms with Gasteiger partial charge in [-0.1, -0.05) is 6.07 Å². The molecule has 2 aromatic heterocycles. The van der Waals surface area contributed by atoms with Crippen molar-refractivity contribution < 1.29 is 23.9 Å². The molecule has 0 saturated heterocycles. The molecule has 8 heteroatoms. The van der Waals surface area contributed by atoms with Crippen LogP contribution in [0.3, 0.4) is 0 Å². The Hall–Kier alpha value is -2.19. The number of hydrogen-bond acceptors (Lipinski definition) is 7. The van der Waals surface area contributed by atoms with Crippen LogP contribution in [0, 0.1) is 0 Å². The quantitative estimate of drug-likeness (QED) is 0.842. The Morgan fingerprint density at radius 3 is 2.67 bits per heavy atom. The van der Waals surface area contributed by atoms with Gasteiger partial charge in [-0.05, 0) is 29.9 Å². The van der Waals surface area contributed by atoms with Crippen LogP contribution >= 0.6 is 22.7 Å². The van der Waals surface area contributed by atoms with Gasteiger partial charge in [0.25, 0.3) is 5.91 Å². The summed E-state index contributed by atoms with van der Waals surface area (Å²) in [5.74, 6) is -1.73. The zero-order valence-electron chi connectivity index (χ0n) is 13.1. The highest BCUT2D eigenvalue weighted by Crippen LogP contribution is 2.46. The molecule has 126 valence electrons. The molecular formula is C16H15NO5S2. The summed E-state index contributed by atoms with van der Waals surface area (Å²) in [5, 5.41) is 4.99. The van der Waals surface area contributed by atoms with E-state index >= 15 is 0 Å². The number of nitrogens with one attached hydrogen (secondary N) is 1. The highest BCUT2D eigenvalue weighted by Gasteiger charge is 2.38. The Balaban J connectivity index is 2.00. The average molecular weight is 365 g/mol. The molecule has 0 radical (unpaired) electrons. The molecule has 0 spiro atoms. The van der Waals surface area contributed by atoms with E-state index in [1.165, 1.54) is 36.9 Å². The van der Waals surface area contributed by atoms with Crippen LogP contribution in [0.25, 0.3) is 0 Å². The van der Waals surface area contributed by atoms with Crippen LogP contribution in [0.15, 0.2) is 17.5 Å². The molecule has 1 aliphatic carbocycles. The Kier molecular flexibility index (Phi) is 4.68. The summed E-state index contributed by atoms with van der Waals surface area (Å²) in [6, 6.07) is 3.48. The maximum atomic E-state index is 12.3. The van der Waals surface area contributed by atoms with Gasteiger partial charge in [-0.25, -0.2) is 4.79 Å². The summed E-state index contributed by atoms with van der Waals surface area (Å²) < 4.78 is 9.70. The van der Waals surface area contributed by atoms with E-state index < -0.39 is 11.9 Å². The standard InChI is InChI=1S/C16H15NO5S2/c1-21-15(19)8-5-6-9-11(8)12(16(20)22-2)14(24-9)17-13(18)10-4-3-7-23-10/h3-4,7-8H,5-6H2,1-2H3,(H,17,18)/t8-/m0/s1. The van der Waals surface area contributed by atoms with E-state index in [-0.39, 0.29) is 17.4 Å². The van der Waals surface area contributed by atoms with E-state index in [0.29, 0.717) is 28.3 Å². The monoisotopic (exact) mass is 365 g/mol. The zero-order valence-corrected chi connectivity index (χ0v) is 14.7. The molecule has 1 aliphatic rings. The van der Waals surface area contributed by atoms with Crippen molar-refractivity contribution in [1.82, 2.24) is 0 Å². The van der Waals surface area contributed by atoms with Crippen LogP contribution in [0.1, 0.15) is 42.8 Å². The van der Waals surface area contributed by atoms with Gasteiger partial charge in [0.05, 0.1) is 30.6 Å². The van der Waals surface area contributed by atoms with Crippen molar-refractivity contribution in [3.05, 3.63) is 38.4 Å². The van der Waals surface area contributed by atoms with E-state index in [9.17, 15) is 14.4 Å². The third-order valence-electron chi connectivity index (χ3n) is 3.88. The van der Waals surface area contributed by atoms with E-state index in [0.717, 1.165) is 4.88 Å². The van der Waals surface area contributed by atoms with Crippen LogP contribution in [0.2, 0.25) is 0 Å². The van der Waals surface area contributed by atoms with Crippen molar-refractivity contribution in [2.24, 2.45) is 0 Å². The number of fused-ring (bicyclic) bond motifs is 1.